The second kappa shape index (κ2) is 5.93. The maximum absolute atomic E-state index is 11.5. The van der Waals surface area contributed by atoms with Gasteiger partial charge in [-0.1, -0.05) is 0 Å². The summed E-state index contributed by atoms with van der Waals surface area (Å²) in [5.74, 6) is 0.263. The topological polar surface area (TPSA) is 73.6 Å². The molecule has 104 valence electrons. The Morgan fingerprint density at radius 3 is 2.79 bits per heavy atom. The number of methoxy groups -OCH3 is 2. The molecule has 1 saturated carbocycles. The number of benzene rings is 1. The van der Waals surface area contributed by atoms with E-state index in [2.05, 4.69) is 5.32 Å². The summed E-state index contributed by atoms with van der Waals surface area (Å²) < 4.78 is 9.93. The molecule has 0 heterocycles. The van der Waals surface area contributed by atoms with Gasteiger partial charge in [0.15, 0.2) is 0 Å². The van der Waals surface area contributed by atoms with Gasteiger partial charge in [-0.3, -0.25) is 0 Å². The van der Waals surface area contributed by atoms with E-state index in [1.165, 1.54) is 20.0 Å². The van der Waals surface area contributed by atoms with E-state index in [1.54, 1.807) is 25.3 Å². The first-order chi connectivity index (χ1) is 9.15. The summed E-state index contributed by atoms with van der Waals surface area (Å²) in [5.41, 5.74) is 7.81. The van der Waals surface area contributed by atoms with Crippen molar-refractivity contribution in [3.63, 3.8) is 0 Å². The van der Waals surface area contributed by atoms with Gasteiger partial charge in [0, 0.05) is 7.11 Å². The summed E-state index contributed by atoms with van der Waals surface area (Å²) >= 11 is 0. The maximum atomic E-state index is 11.5. The van der Waals surface area contributed by atoms with Crippen molar-refractivity contribution >= 4 is 17.3 Å². The summed E-state index contributed by atoms with van der Waals surface area (Å²) in [7, 11) is 3.05. The predicted octanol–water partition coefficient (Wildman–Crippen LogP) is 1.89. The zero-order valence-electron chi connectivity index (χ0n) is 11.3. The van der Waals surface area contributed by atoms with Gasteiger partial charge in [0.05, 0.1) is 36.7 Å². The number of ether oxygens (including phenoxy) is 2. The molecule has 1 aromatic carbocycles. The fourth-order valence-electron chi connectivity index (χ4n) is 2.10. The first-order valence-corrected chi connectivity index (χ1v) is 6.39. The van der Waals surface area contributed by atoms with E-state index in [0.717, 1.165) is 5.69 Å². The van der Waals surface area contributed by atoms with Gasteiger partial charge in [0.25, 0.3) is 0 Å². The van der Waals surface area contributed by atoms with Crippen LogP contribution in [0, 0.1) is 5.92 Å². The van der Waals surface area contributed by atoms with Gasteiger partial charge >= 0.3 is 5.97 Å². The monoisotopic (exact) mass is 264 g/mol. The van der Waals surface area contributed by atoms with Gasteiger partial charge in [-0.15, -0.1) is 0 Å². The average molecular weight is 264 g/mol. The molecule has 1 aliphatic carbocycles. The number of carbonyl (C=O) groups is 1. The molecule has 0 aliphatic heterocycles. The van der Waals surface area contributed by atoms with Crippen molar-refractivity contribution in [1.29, 1.82) is 0 Å². The molecule has 2 rings (SSSR count). The Hall–Kier alpha value is -1.75. The van der Waals surface area contributed by atoms with Crippen molar-refractivity contribution in [1.82, 2.24) is 0 Å². The zero-order chi connectivity index (χ0) is 13.8. The van der Waals surface area contributed by atoms with Crippen LogP contribution in [0.1, 0.15) is 23.2 Å². The lowest BCUT2D eigenvalue weighted by Crippen LogP contribution is -2.27. The number of nitrogens with one attached hydrogen (secondary N) is 1. The number of carbonyl (C=O) groups excluding carboxylic acids is 1. The molecular weight excluding hydrogens is 244 g/mol. The highest BCUT2D eigenvalue weighted by molar-refractivity contribution is 5.92. The third-order valence-electron chi connectivity index (χ3n) is 3.35. The molecule has 0 amide bonds. The molecule has 1 aromatic rings. The van der Waals surface area contributed by atoms with E-state index in [4.69, 9.17) is 15.2 Å². The summed E-state index contributed by atoms with van der Waals surface area (Å²) in [6.07, 6.45) is 2.41. The summed E-state index contributed by atoms with van der Waals surface area (Å²) in [6.45, 7) is 0.632. The summed E-state index contributed by atoms with van der Waals surface area (Å²) in [6, 6.07) is 5.34. The minimum absolute atomic E-state index is 0.236. The second-order valence-electron chi connectivity index (χ2n) is 4.84. The van der Waals surface area contributed by atoms with Gasteiger partial charge in [0.2, 0.25) is 0 Å². The molecule has 19 heavy (non-hydrogen) atoms. The van der Waals surface area contributed by atoms with Crippen LogP contribution in [0.5, 0.6) is 0 Å². The maximum Gasteiger partial charge on any atom is 0.337 e. The Morgan fingerprint density at radius 1 is 1.47 bits per heavy atom. The van der Waals surface area contributed by atoms with Gasteiger partial charge < -0.3 is 20.5 Å². The largest absolute Gasteiger partial charge is 0.465 e. The molecule has 3 N–H and O–H groups in total. The minimum Gasteiger partial charge on any atom is -0.465 e. The van der Waals surface area contributed by atoms with E-state index in [9.17, 15) is 4.79 Å². The summed E-state index contributed by atoms with van der Waals surface area (Å²) in [4.78, 5) is 11.5. The van der Waals surface area contributed by atoms with E-state index in [1.807, 2.05) is 0 Å². The van der Waals surface area contributed by atoms with Crippen LogP contribution in [0.2, 0.25) is 0 Å². The number of rotatable bonds is 6. The highest BCUT2D eigenvalue weighted by atomic mass is 16.5. The molecule has 1 unspecified atom stereocenters. The predicted molar refractivity (Wildman–Crippen MR) is 74.2 cm³/mol. The van der Waals surface area contributed by atoms with Gasteiger partial charge in [-0.2, -0.15) is 0 Å². The fraction of sp³-hybridized carbons (Fsp3) is 0.500. The highest BCUT2D eigenvalue weighted by Crippen LogP contribution is 2.35. The van der Waals surface area contributed by atoms with Crippen LogP contribution in [-0.2, 0) is 9.47 Å². The van der Waals surface area contributed by atoms with Crippen LogP contribution in [0.25, 0.3) is 0 Å². The van der Waals surface area contributed by atoms with Gasteiger partial charge in [-0.25, -0.2) is 4.79 Å². The molecule has 0 spiro atoms. The third kappa shape index (κ3) is 3.38. The molecule has 1 fully saturated rings. The lowest BCUT2D eigenvalue weighted by Gasteiger charge is -2.20. The molecule has 1 atom stereocenters. The van der Waals surface area contributed by atoms with Crippen molar-refractivity contribution in [3.05, 3.63) is 23.8 Å². The Bertz CT molecular complexity index is 458. The van der Waals surface area contributed by atoms with Crippen molar-refractivity contribution in [3.8, 4) is 0 Å². The van der Waals surface area contributed by atoms with E-state index in [-0.39, 0.29) is 12.0 Å². The quantitative estimate of drug-likeness (QED) is 0.606. The van der Waals surface area contributed by atoms with Crippen LogP contribution in [0.4, 0.5) is 11.4 Å². The first kappa shape index (κ1) is 13.7. The van der Waals surface area contributed by atoms with Crippen LogP contribution in [-0.4, -0.2) is 32.8 Å². The lowest BCUT2D eigenvalue weighted by atomic mass is 10.1. The molecule has 0 radical (unpaired) electrons. The third-order valence-corrected chi connectivity index (χ3v) is 3.35. The normalized spacial score (nSPS) is 15.9. The first-order valence-electron chi connectivity index (χ1n) is 6.39. The van der Waals surface area contributed by atoms with Crippen molar-refractivity contribution in [2.24, 2.45) is 5.92 Å². The van der Waals surface area contributed by atoms with Crippen LogP contribution in [0.15, 0.2) is 18.2 Å². The number of nitrogen functional groups attached to an aromatic ring is 1. The standard InChI is InChI=1S/C14H20N2O3/c1-18-8-13(9-3-4-9)16-12-7-10(14(17)19-2)5-6-11(12)15/h5-7,9,13,16H,3-4,8,15H2,1-2H3. The Labute approximate surface area is 113 Å². The zero-order valence-corrected chi connectivity index (χ0v) is 11.3. The average Bonchev–Trinajstić information content (AvgIpc) is 3.24. The Kier molecular flexibility index (Phi) is 4.27. The van der Waals surface area contributed by atoms with Gasteiger partial charge in [-0.05, 0) is 37.0 Å². The SMILES string of the molecule is COCC(Nc1cc(C(=O)OC)ccc1N)C1CC1. The van der Waals surface area contributed by atoms with E-state index < -0.39 is 0 Å². The van der Waals surface area contributed by atoms with Crippen molar-refractivity contribution in [2.75, 3.05) is 31.9 Å². The lowest BCUT2D eigenvalue weighted by molar-refractivity contribution is 0.0601. The number of nitrogens with two attached hydrogens (primary N) is 1. The van der Waals surface area contributed by atoms with E-state index >= 15 is 0 Å². The summed E-state index contributed by atoms with van der Waals surface area (Å²) in [5, 5.41) is 3.37. The van der Waals surface area contributed by atoms with Gasteiger partial charge in [0.1, 0.15) is 0 Å². The smallest absolute Gasteiger partial charge is 0.337 e. The van der Waals surface area contributed by atoms with E-state index in [0.29, 0.717) is 23.8 Å². The molecular formula is C14H20N2O3. The fourth-order valence-corrected chi connectivity index (χ4v) is 2.10. The molecule has 0 saturated heterocycles. The molecule has 5 nitrogen and oxygen atoms in total. The number of hydrogen-bond donors (Lipinski definition) is 2. The molecule has 0 aromatic heterocycles. The Morgan fingerprint density at radius 2 is 2.21 bits per heavy atom. The minimum atomic E-state index is -0.363. The second-order valence-corrected chi connectivity index (χ2v) is 4.84. The Balaban J connectivity index is 2.15. The molecule has 0 bridgehead atoms. The highest BCUT2D eigenvalue weighted by Gasteiger charge is 2.31. The van der Waals surface area contributed by atoms with Crippen molar-refractivity contribution < 1.29 is 14.3 Å². The number of anilines is 2. The van der Waals surface area contributed by atoms with Crippen LogP contribution < -0.4 is 11.1 Å². The number of hydrogen-bond acceptors (Lipinski definition) is 5. The molecule has 1 aliphatic rings. The van der Waals surface area contributed by atoms with Crippen molar-refractivity contribution in [2.45, 2.75) is 18.9 Å². The number of esters is 1. The molecule has 5 heteroatoms. The van der Waals surface area contributed by atoms with Crippen LogP contribution >= 0.6 is 0 Å². The van der Waals surface area contributed by atoms with Crippen LogP contribution in [0.3, 0.4) is 0 Å².